The third kappa shape index (κ3) is 4.84. The van der Waals surface area contributed by atoms with Crippen molar-refractivity contribution in [1.82, 2.24) is 9.21 Å². The van der Waals surface area contributed by atoms with Crippen LogP contribution in [-0.4, -0.2) is 55.5 Å². The van der Waals surface area contributed by atoms with E-state index in [9.17, 15) is 22.4 Å². The molecule has 0 radical (unpaired) electrons. The highest BCUT2D eigenvalue weighted by molar-refractivity contribution is 7.89. The van der Waals surface area contributed by atoms with Crippen molar-refractivity contribution in [2.24, 2.45) is 0 Å². The van der Waals surface area contributed by atoms with Crippen molar-refractivity contribution in [2.75, 3.05) is 26.2 Å². The highest BCUT2D eigenvalue weighted by Crippen LogP contribution is 2.19. The number of sulfonamides is 1. The number of ketones is 1. The fourth-order valence-corrected chi connectivity index (χ4v) is 5.24. The zero-order chi connectivity index (χ0) is 20.1. The SMILES string of the molecule is O=C(CCC(=O)N1CCCN(S(=O)(=O)c2ccc(F)cc2)CC1)c1cccs1. The van der Waals surface area contributed by atoms with Crippen LogP contribution in [-0.2, 0) is 14.8 Å². The molecule has 1 amide bonds. The maximum Gasteiger partial charge on any atom is 0.243 e. The van der Waals surface area contributed by atoms with Crippen LogP contribution in [0.5, 0.6) is 0 Å². The van der Waals surface area contributed by atoms with Crippen LogP contribution in [0.3, 0.4) is 0 Å². The first-order valence-electron chi connectivity index (χ1n) is 8.98. The lowest BCUT2D eigenvalue weighted by Gasteiger charge is -2.22. The van der Waals surface area contributed by atoms with Gasteiger partial charge >= 0.3 is 0 Å². The predicted octanol–water partition coefficient (Wildman–Crippen LogP) is 2.77. The van der Waals surface area contributed by atoms with E-state index in [1.807, 2.05) is 5.38 Å². The Hall–Kier alpha value is -2.10. The van der Waals surface area contributed by atoms with E-state index in [2.05, 4.69) is 0 Å². The van der Waals surface area contributed by atoms with Gasteiger partial charge in [-0.3, -0.25) is 9.59 Å². The van der Waals surface area contributed by atoms with Crippen LogP contribution in [0.25, 0.3) is 0 Å². The number of hydrogen-bond donors (Lipinski definition) is 0. The number of nitrogens with zero attached hydrogens (tertiary/aromatic N) is 2. The van der Waals surface area contributed by atoms with Gasteiger partial charge in [0, 0.05) is 39.0 Å². The Labute approximate surface area is 167 Å². The molecule has 6 nitrogen and oxygen atoms in total. The van der Waals surface area contributed by atoms with E-state index in [0.29, 0.717) is 17.8 Å². The average molecular weight is 425 g/mol. The van der Waals surface area contributed by atoms with E-state index in [4.69, 9.17) is 0 Å². The molecule has 1 aliphatic heterocycles. The van der Waals surface area contributed by atoms with Crippen molar-refractivity contribution >= 4 is 33.1 Å². The van der Waals surface area contributed by atoms with Gasteiger partial charge in [0.05, 0.1) is 9.77 Å². The van der Waals surface area contributed by atoms with Crippen molar-refractivity contribution in [3.63, 3.8) is 0 Å². The molecular formula is C19H21FN2O4S2. The maximum absolute atomic E-state index is 13.1. The topological polar surface area (TPSA) is 74.8 Å². The zero-order valence-corrected chi connectivity index (χ0v) is 16.8. The Morgan fingerprint density at radius 2 is 1.75 bits per heavy atom. The van der Waals surface area contributed by atoms with Gasteiger partial charge < -0.3 is 4.90 Å². The zero-order valence-electron chi connectivity index (χ0n) is 15.2. The van der Waals surface area contributed by atoms with Crippen molar-refractivity contribution in [2.45, 2.75) is 24.2 Å². The smallest absolute Gasteiger partial charge is 0.243 e. The predicted molar refractivity (Wildman–Crippen MR) is 104 cm³/mol. The summed E-state index contributed by atoms with van der Waals surface area (Å²) in [7, 11) is -3.73. The first kappa shape index (κ1) is 20.6. The molecule has 2 aromatic rings. The quantitative estimate of drug-likeness (QED) is 0.669. The molecular weight excluding hydrogens is 403 g/mol. The minimum atomic E-state index is -3.73. The maximum atomic E-state index is 13.1. The molecule has 9 heteroatoms. The average Bonchev–Trinajstić information content (AvgIpc) is 3.10. The highest BCUT2D eigenvalue weighted by Gasteiger charge is 2.28. The van der Waals surface area contributed by atoms with Crippen molar-refractivity contribution in [3.8, 4) is 0 Å². The van der Waals surface area contributed by atoms with Gasteiger partial charge in [-0.1, -0.05) is 6.07 Å². The van der Waals surface area contributed by atoms with Crippen LogP contribution in [0.4, 0.5) is 4.39 Å². The molecule has 1 fully saturated rings. The first-order chi connectivity index (χ1) is 13.4. The second-order valence-electron chi connectivity index (χ2n) is 6.49. The molecule has 1 aromatic carbocycles. The van der Waals surface area contributed by atoms with Crippen LogP contribution in [0.15, 0.2) is 46.7 Å². The second kappa shape index (κ2) is 8.93. The molecule has 0 unspecified atom stereocenters. The van der Waals surface area contributed by atoms with Gasteiger partial charge in [-0.15, -0.1) is 11.3 Å². The summed E-state index contributed by atoms with van der Waals surface area (Å²) in [6, 6.07) is 8.26. The van der Waals surface area contributed by atoms with Crippen LogP contribution in [0.1, 0.15) is 28.9 Å². The first-order valence-corrected chi connectivity index (χ1v) is 11.3. The number of benzene rings is 1. The molecule has 0 saturated carbocycles. The summed E-state index contributed by atoms with van der Waals surface area (Å²) in [5.41, 5.74) is 0. The molecule has 28 heavy (non-hydrogen) atoms. The minimum Gasteiger partial charge on any atom is -0.341 e. The Bertz CT molecular complexity index is 927. The molecule has 2 heterocycles. The van der Waals surface area contributed by atoms with Crippen molar-refractivity contribution in [1.29, 1.82) is 0 Å². The normalized spacial score (nSPS) is 16.0. The van der Waals surface area contributed by atoms with Crippen LogP contribution in [0.2, 0.25) is 0 Å². The Morgan fingerprint density at radius 3 is 2.43 bits per heavy atom. The van der Waals surface area contributed by atoms with E-state index < -0.39 is 15.8 Å². The van der Waals surface area contributed by atoms with E-state index in [1.54, 1.807) is 17.0 Å². The number of rotatable bonds is 6. The largest absolute Gasteiger partial charge is 0.341 e. The van der Waals surface area contributed by atoms with Gasteiger partial charge in [0.25, 0.3) is 0 Å². The number of Topliss-reactive ketones (excluding diaryl/α,β-unsaturated/α-hetero) is 1. The molecule has 0 aliphatic carbocycles. The summed E-state index contributed by atoms with van der Waals surface area (Å²) in [6.45, 7) is 1.18. The Kier molecular flexibility index (Phi) is 6.58. The molecule has 150 valence electrons. The molecule has 0 spiro atoms. The van der Waals surface area contributed by atoms with Crippen LogP contribution < -0.4 is 0 Å². The van der Waals surface area contributed by atoms with Crippen LogP contribution in [0, 0.1) is 5.82 Å². The van der Waals surface area contributed by atoms with Crippen molar-refractivity contribution < 1.29 is 22.4 Å². The molecule has 0 N–H and O–H groups in total. The lowest BCUT2D eigenvalue weighted by Crippen LogP contribution is -2.37. The molecule has 3 rings (SSSR count). The Balaban J connectivity index is 1.57. The summed E-state index contributed by atoms with van der Waals surface area (Å²) in [4.78, 5) is 26.8. The standard InChI is InChI=1S/C19H21FN2O4S2/c20-15-4-6-16(7-5-15)28(25,26)22-11-2-10-21(12-13-22)19(24)9-8-17(23)18-3-1-14-27-18/h1,3-7,14H,2,8-13H2. The lowest BCUT2D eigenvalue weighted by atomic mass is 10.2. The van der Waals surface area contributed by atoms with E-state index in [0.717, 1.165) is 12.1 Å². The van der Waals surface area contributed by atoms with Gasteiger partial charge in [0.1, 0.15) is 5.82 Å². The third-order valence-corrected chi connectivity index (χ3v) is 7.44. The summed E-state index contributed by atoms with van der Waals surface area (Å²) in [5, 5.41) is 1.82. The lowest BCUT2D eigenvalue weighted by molar-refractivity contribution is -0.131. The highest BCUT2D eigenvalue weighted by atomic mass is 32.2. The fraction of sp³-hybridized carbons (Fsp3) is 0.368. The van der Waals surface area contributed by atoms with E-state index in [-0.39, 0.29) is 49.1 Å². The number of thiophene rings is 1. The fourth-order valence-electron chi connectivity index (χ4n) is 3.08. The number of carbonyl (C=O) groups excluding carboxylic acids is 2. The van der Waals surface area contributed by atoms with Gasteiger partial charge in [-0.05, 0) is 42.1 Å². The molecule has 0 bridgehead atoms. The number of carbonyl (C=O) groups is 2. The third-order valence-electron chi connectivity index (χ3n) is 4.62. The number of halogens is 1. The summed E-state index contributed by atoms with van der Waals surface area (Å²) >= 11 is 1.35. The van der Waals surface area contributed by atoms with Gasteiger partial charge in [-0.25, -0.2) is 12.8 Å². The van der Waals surface area contributed by atoms with Gasteiger partial charge in [0.15, 0.2) is 5.78 Å². The van der Waals surface area contributed by atoms with E-state index >= 15 is 0 Å². The summed E-state index contributed by atoms with van der Waals surface area (Å²) in [6.07, 6.45) is 0.764. The van der Waals surface area contributed by atoms with E-state index in [1.165, 1.54) is 27.8 Å². The molecule has 1 saturated heterocycles. The second-order valence-corrected chi connectivity index (χ2v) is 9.38. The van der Waals surface area contributed by atoms with Gasteiger partial charge in [0.2, 0.25) is 15.9 Å². The number of hydrogen-bond acceptors (Lipinski definition) is 5. The monoisotopic (exact) mass is 424 g/mol. The van der Waals surface area contributed by atoms with Crippen LogP contribution >= 0.6 is 11.3 Å². The molecule has 1 aromatic heterocycles. The number of amides is 1. The minimum absolute atomic E-state index is 0.0372. The van der Waals surface area contributed by atoms with Crippen molar-refractivity contribution in [3.05, 3.63) is 52.5 Å². The summed E-state index contributed by atoms with van der Waals surface area (Å²) in [5.74, 6) is -0.701. The molecule has 1 aliphatic rings. The molecule has 0 atom stereocenters. The Morgan fingerprint density at radius 1 is 1.00 bits per heavy atom. The summed E-state index contributed by atoms with van der Waals surface area (Å²) < 4.78 is 39.9. The van der Waals surface area contributed by atoms with Gasteiger partial charge in [-0.2, -0.15) is 4.31 Å².